The number of hydrogen-bond acceptors (Lipinski definition) is 7. The average Bonchev–Trinajstić information content (AvgIpc) is 3.33. The summed E-state index contributed by atoms with van der Waals surface area (Å²) >= 11 is 1.24. The molecular formula is C20H17N5O3S. The standard InChI is InChI=1S/C20H17N5O3S/c1-11(18(26)23-20-25-24-12(2)29-20)28-19(27)14-8-4-3-7-13(14)17-21-15-9-5-6-10-16(15)22-17/h3-11H,1-2H3,(H,21,22)(H,23,25,26). The van der Waals surface area contributed by atoms with Crippen LogP contribution in [0.4, 0.5) is 5.13 Å². The Bertz CT molecular complexity index is 1170. The van der Waals surface area contributed by atoms with Gasteiger partial charge in [-0.05, 0) is 32.0 Å². The fourth-order valence-electron chi connectivity index (χ4n) is 2.78. The Morgan fingerprint density at radius 3 is 2.62 bits per heavy atom. The topological polar surface area (TPSA) is 110 Å². The van der Waals surface area contributed by atoms with Crippen molar-refractivity contribution in [2.24, 2.45) is 0 Å². The number of amides is 1. The highest BCUT2D eigenvalue weighted by Gasteiger charge is 2.23. The molecule has 0 aliphatic rings. The molecule has 2 aromatic heterocycles. The summed E-state index contributed by atoms with van der Waals surface area (Å²) < 4.78 is 5.38. The summed E-state index contributed by atoms with van der Waals surface area (Å²) in [6, 6.07) is 14.6. The third-order valence-corrected chi connectivity index (χ3v) is 4.95. The van der Waals surface area contributed by atoms with Gasteiger partial charge in [-0.15, -0.1) is 10.2 Å². The number of aryl methyl sites for hydroxylation is 1. The van der Waals surface area contributed by atoms with E-state index in [2.05, 4.69) is 25.5 Å². The zero-order valence-corrected chi connectivity index (χ0v) is 16.5. The van der Waals surface area contributed by atoms with E-state index in [1.807, 2.05) is 30.3 Å². The Morgan fingerprint density at radius 2 is 1.86 bits per heavy atom. The Morgan fingerprint density at radius 1 is 1.10 bits per heavy atom. The first kappa shape index (κ1) is 18.8. The number of H-pyrrole nitrogens is 1. The molecule has 146 valence electrons. The summed E-state index contributed by atoms with van der Waals surface area (Å²) in [5, 5.41) is 11.3. The molecule has 0 aliphatic carbocycles. The van der Waals surface area contributed by atoms with Crippen molar-refractivity contribution in [1.82, 2.24) is 20.2 Å². The van der Waals surface area contributed by atoms with Gasteiger partial charge in [0.1, 0.15) is 10.8 Å². The minimum atomic E-state index is -1.00. The molecule has 2 aromatic carbocycles. The van der Waals surface area contributed by atoms with Gasteiger partial charge in [0, 0.05) is 5.56 Å². The largest absolute Gasteiger partial charge is 0.449 e. The summed E-state index contributed by atoms with van der Waals surface area (Å²) in [7, 11) is 0. The van der Waals surface area contributed by atoms with E-state index in [4.69, 9.17) is 4.74 Å². The van der Waals surface area contributed by atoms with Gasteiger partial charge in [-0.25, -0.2) is 9.78 Å². The molecule has 1 amide bonds. The van der Waals surface area contributed by atoms with Crippen LogP contribution < -0.4 is 5.32 Å². The van der Waals surface area contributed by atoms with Crippen molar-refractivity contribution in [2.45, 2.75) is 20.0 Å². The third kappa shape index (κ3) is 3.99. The lowest BCUT2D eigenvalue weighted by atomic mass is 10.1. The Hall–Kier alpha value is -3.59. The number of anilines is 1. The number of rotatable bonds is 5. The first-order chi connectivity index (χ1) is 14.0. The first-order valence-corrected chi connectivity index (χ1v) is 9.69. The van der Waals surface area contributed by atoms with Crippen molar-refractivity contribution in [1.29, 1.82) is 0 Å². The molecule has 0 radical (unpaired) electrons. The molecule has 0 fully saturated rings. The van der Waals surface area contributed by atoms with Gasteiger partial charge in [0.15, 0.2) is 6.10 Å². The van der Waals surface area contributed by atoms with Gasteiger partial charge in [0.2, 0.25) is 5.13 Å². The number of nitrogens with zero attached hydrogens (tertiary/aromatic N) is 3. The molecule has 1 unspecified atom stereocenters. The van der Waals surface area contributed by atoms with Gasteiger partial charge in [-0.1, -0.05) is 41.7 Å². The second-order valence-corrected chi connectivity index (χ2v) is 7.49. The molecule has 0 aliphatic heterocycles. The van der Waals surface area contributed by atoms with E-state index in [0.717, 1.165) is 16.0 Å². The van der Waals surface area contributed by atoms with Crippen LogP contribution in [-0.2, 0) is 9.53 Å². The summed E-state index contributed by atoms with van der Waals surface area (Å²) in [4.78, 5) is 32.8. The van der Waals surface area contributed by atoms with Crippen molar-refractivity contribution in [3.63, 3.8) is 0 Å². The van der Waals surface area contributed by atoms with Crippen molar-refractivity contribution in [2.75, 3.05) is 5.32 Å². The summed E-state index contributed by atoms with van der Waals surface area (Å²) in [6.07, 6.45) is -1.00. The number of carbonyl (C=O) groups is 2. The molecule has 0 bridgehead atoms. The molecule has 4 rings (SSSR count). The number of benzene rings is 2. The number of imidazole rings is 1. The fourth-order valence-corrected chi connectivity index (χ4v) is 3.37. The van der Waals surface area contributed by atoms with Crippen LogP contribution in [0.2, 0.25) is 0 Å². The van der Waals surface area contributed by atoms with E-state index < -0.39 is 18.0 Å². The highest BCUT2D eigenvalue weighted by molar-refractivity contribution is 7.15. The average molecular weight is 407 g/mol. The van der Waals surface area contributed by atoms with E-state index in [9.17, 15) is 9.59 Å². The lowest BCUT2D eigenvalue weighted by Gasteiger charge is -2.13. The number of para-hydroxylation sites is 2. The molecule has 0 spiro atoms. The van der Waals surface area contributed by atoms with E-state index in [1.165, 1.54) is 18.3 Å². The number of carbonyl (C=O) groups excluding carboxylic acids is 2. The predicted octanol–water partition coefficient (Wildman–Crippen LogP) is 3.57. The van der Waals surface area contributed by atoms with Crippen LogP contribution >= 0.6 is 11.3 Å². The summed E-state index contributed by atoms with van der Waals surface area (Å²) in [5.41, 5.74) is 2.58. The number of esters is 1. The second-order valence-electron chi connectivity index (χ2n) is 6.31. The van der Waals surface area contributed by atoms with Gasteiger partial charge < -0.3 is 9.72 Å². The van der Waals surface area contributed by atoms with E-state index >= 15 is 0 Å². The van der Waals surface area contributed by atoms with Gasteiger partial charge in [0.05, 0.1) is 16.6 Å². The third-order valence-electron chi connectivity index (χ3n) is 4.20. The molecule has 2 heterocycles. The highest BCUT2D eigenvalue weighted by atomic mass is 32.1. The van der Waals surface area contributed by atoms with Crippen molar-refractivity contribution < 1.29 is 14.3 Å². The number of aromatic nitrogens is 4. The molecular weight excluding hydrogens is 390 g/mol. The van der Waals surface area contributed by atoms with Crippen molar-refractivity contribution in [3.8, 4) is 11.4 Å². The van der Waals surface area contributed by atoms with E-state index in [-0.39, 0.29) is 0 Å². The van der Waals surface area contributed by atoms with Gasteiger partial charge in [-0.3, -0.25) is 10.1 Å². The number of ether oxygens (including phenoxy) is 1. The van der Waals surface area contributed by atoms with Crippen LogP contribution in [0.1, 0.15) is 22.3 Å². The Labute approximate surface area is 170 Å². The Kier molecular flexibility index (Phi) is 5.05. The minimum absolute atomic E-state index is 0.318. The summed E-state index contributed by atoms with van der Waals surface area (Å²) in [6.45, 7) is 3.29. The SMILES string of the molecule is Cc1nnc(NC(=O)C(C)OC(=O)c2ccccc2-c2nc3ccccc3[nH]2)s1. The zero-order valence-electron chi connectivity index (χ0n) is 15.7. The number of aromatic amines is 1. The molecule has 1 atom stereocenters. The lowest BCUT2D eigenvalue weighted by molar-refractivity contribution is -0.123. The number of hydrogen-bond donors (Lipinski definition) is 2. The van der Waals surface area contributed by atoms with E-state index in [1.54, 1.807) is 25.1 Å². The minimum Gasteiger partial charge on any atom is -0.449 e. The maximum Gasteiger partial charge on any atom is 0.339 e. The smallest absolute Gasteiger partial charge is 0.339 e. The fraction of sp³-hybridized carbons (Fsp3) is 0.150. The van der Waals surface area contributed by atoms with Crippen LogP contribution in [0.3, 0.4) is 0 Å². The van der Waals surface area contributed by atoms with Crippen LogP contribution in [0.25, 0.3) is 22.4 Å². The van der Waals surface area contributed by atoms with Crippen LogP contribution in [0, 0.1) is 6.92 Å². The van der Waals surface area contributed by atoms with E-state index in [0.29, 0.717) is 22.1 Å². The van der Waals surface area contributed by atoms with Crippen molar-refractivity contribution in [3.05, 3.63) is 59.1 Å². The van der Waals surface area contributed by atoms with Gasteiger partial charge in [-0.2, -0.15) is 0 Å². The number of nitrogens with one attached hydrogen (secondary N) is 2. The van der Waals surface area contributed by atoms with Crippen LogP contribution in [0.15, 0.2) is 48.5 Å². The maximum absolute atomic E-state index is 12.8. The lowest BCUT2D eigenvalue weighted by Crippen LogP contribution is -2.30. The van der Waals surface area contributed by atoms with Gasteiger partial charge in [0.25, 0.3) is 5.91 Å². The molecule has 29 heavy (non-hydrogen) atoms. The normalized spacial score (nSPS) is 11.9. The molecule has 8 nitrogen and oxygen atoms in total. The second kappa shape index (κ2) is 7.80. The molecule has 9 heteroatoms. The quantitative estimate of drug-likeness (QED) is 0.490. The zero-order chi connectivity index (χ0) is 20.4. The summed E-state index contributed by atoms with van der Waals surface area (Å²) in [5.74, 6) is -0.534. The van der Waals surface area contributed by atoms with Crippen LogP contribution in [-0.4, -0.2) is 38.1 Å². The number of fused-ring (bicyclic) bond motifs is 1. The van der Waals surface area contributed by atoms with Crippen LogP contribution in [0.5, 0.6) is 0 Å². The highest BCUT2D eigenvalue weighted by Crippen LogP contribution is 2.25. The van der Waals surface area contributed by atoms with Gasteiger partial charge >= 0.3 is 5.97 Å². The Balaban J connectivity index is 1.53. The monoisotopic (exact) mass is 407 g/mol. The molecule has 0 saturated carbocycles. The van der Waals surface area contributed by atoms with Crippen molar-refractivity contribution >= 4 is 39.4 Å². The first-order valence-electron chi connectivity index (χ1n) is 8.87. The molecule has 2 N–H and O–H groups in total. The predicted molar refractivity (Wildman–Crippen MR) is 110 cm³/mol. The molecule has 0 saturated heterocycles. The molecule has 4 aromatic rings. The maximum atomic E-state index is 12.8.